The zero-order chi connectivity index (χ0) is 15.7. The number of nitrogens with two attached hydrogens (primary N) is 2. The Morgan fingerprint density at radius 2 is 1.86 bits per heavy atom. The van der Waals surface area contributed by atoms with E-state index in [1.165, 1.54) is 0 Å². The number of benzene rings is 2. The van der Waals surface area contributed by atoms with E-state index in [1.54, 1.807) is 35.6 Å². The Morgan fingerprint density at radius 1 is 1.09 bits per heavy atom. The number of aliphatic imine (C=N–C) groups is 1. The third kappa shape index (κ3) is 2.51. The average Bonchev–Trinajstić information content (AvgIpc) is 2.90. The first kappa shape index (κ1) is 14.1. The molecular formula is C16H13N3O2S. The number of amides is 1. The number of hydrogen-bond acceptors (Lipinski definition) is 3. The lowest BCUT2D eigenvalue weighted by Crippen LogP contribution is -2.24. The molecule has 0 saturated heterocycles. The number of nitrogens with zero attached hydrogens (tertiary/aromatic N) is 1. The normalized spacial score (nSPS) is 10.5. The van der Waals surface area contributed by atoms with Crippen molar-refractivity contribution >= 4 is 33.3 Å². The number of thiophene rings is 1. The average molecular weight is 311 g/mol. The second-order valence-electron chi connectivity index (χ2n) is 4.72. The van der Waals surface area contributed by atoms with Crippen LogP contribution in [-0.2, 0) is 0 Å². The standard InChI is InChI=1S/C16H13N3O2S/c17-16(18)19-15(21)9-5-6-14-11(7-9)12(8-22-14)10-3-1-2-4-13(10)20/h1-8,20H,(H4,17,18,19,21). The summed E-state index contributed by atoms with van der Waals surface area (Å²) in [6, 6.07) is 12.4. The molecule has 0 radical (unpaired) electrons. The smallest absolute Gasteiger partial charge is 0.280 e. The van der Waals surface area contributed by atoms with Crippen LogP contribution in [0.1, 0.15) is 10.4 Å². The summed E-state index contributed by atoms with van der Waals surface area (Å²) in [5.41, 5.74) is 12.5. The van der Waals surface area contributed by atoms with Gasteiger partial charge in [-0.1, -0.05) is 18.2 Å². The van der Waals surface area contributed by atoms with Crippen molar-refractivity contribution in [3.63, 3.8) is 0 Å². The Kier molecular flexibility index (Phi) is 3.52. The maximum atomic E-state index is 11.9. The van der Waals surface area contributed by atoms with Crippen LogP contribution in [0.2, 0.25) is 0 Å². The lowest BCUT2D eigenvalue weighted by molar-refractivity contribution is 0.100. The number of fused-ring (bicyclic) bond motifs is 1. The van der Waals surface area contributed by atoms with Gasteiger partial charge >= 0.3 is 0 Å². The minimum atomic E-state index is -0.490. The zero-order valence-corrected chi connectivity index (χ0v) is 12.3. The predicted octanol–water partition coefficient (Wildman–Crippen LogP) is 2.69. The monoisotopic (exact) mass is 311 g/mol. The van der Waals surface area contributed by atoms with Crippen LogP contribution in [0, 0.1) is 0 Å². The maximum absolute atomic E-state index is 11.9. The summed E-state index contributed by atoms with van der Waals surface area (Å²) in [4.78, 5) is 15.5. The van der Waals surface area contributed by atoms with Gasteiger partial charge in [-0.15, -0.1) is 11.3 Å². The number of hydrogen-bond donors (Lipinski definition) is 3. The first-order chi connectivity index (χ1) is 10.6. The second-order valence-corrected chi connectivity index (χ2v) is 5.63. The van der Waals surface area contributed by atoms with Crippen LogP contribution < -0.4 is 11.5 Å². The molecule has 0 bridgehead atoms. The van der Waals surface area contributed by atoms with Crippen molar-refractivity contribution < 1.29 is 9.90 Å². The molecule has 1 amide bonds. The first-order valence-corrected chi connectivity index (χ1v) is 7.38. The first-order valence-electron chi connectivity index (χ1n) is 6.50. The van der Waals surface area contributed by atoms with E-state index in [4.69, 9.17) is 11.5 Å². The third-order valence-corrected chi connectivity index (χ3v) is 4.21. The molecule has 0 fully saturated rings. The molecular weight excluding hydrogens is 298 g/mol. The molecule has 110 valence electrons. The molecule has 0 atom stereocenters. The van der Waals surface area contributed by atoms with Crippen LogP contribution in [0.15, 0.2) is 52.8 Å². The van der Waals surface area contributed by atoms with E-state index in [1.807, 2.05) is 23.6 Å². The summed E-state index contributed by atoms with van der Waals surface area (Å²) in [5.74, 6) is -0.559. The van der Waals surface area contributed by atoms with Gasteiger partial charge < -0.3 is 16.6 Å². The van der Waals surface area contributed by atoms with Gasteiger partial charge in [-0.3, -0.25) is 4.79 Å². The van der Waals surface area contributed by atoms with Crippen molar-refractivity contribution in [2.24, 2.45) is 16.5 Å². The van der Waals surface area contributed by atoms with Gasteiger partial charge in [0.25, 0.3) is 5.91 Å². The minimum Gasteiger partial charge on any atom is -0.507 e. The van der Waals surface area contributed by atoms with Gasteiger partial charge in [0.05, 0.1) is 0 Å². The van der Waals surface area contributed by atoms with E-state index in [0.717, 1.165) is 21.2 Å². The highest BCUT2D eigenvalue weighted by Crippen LogP contribution is 2.38. The molecule has 0 unspecified atom stereocenters. The zero-order valence-electron chi connectivity index (χ0n) is 11.5. The number of phenols is 1. The van der Waals surface area contributed by atoms with Crippen molar-refractivity contribution in [3.05, 3.63) is 53.4 Å². The topological polar surface area (TPSA) is 102 Å². The van der Waals surface area contributed by atoms with Gasteiger partial charge in [0.15, 0.2) is 5.96 Å². The molecule has 0 aliphatic rings. The largest absolute Gasteiger partial charge is 0.507 e. The van der Waals surface area contributed by atoms with Crippen LogP contribution in [0.4, 0.5) is 0 Å². The summed E-state index contributed by atoms with van der Waals surface area (Å²) in [6.07, 6.45) is 0. The SMILES string of the molecule is NC(N)=NC(=O)c1ccc2scc(-c3ccccc3O)c2c1. The van der Waals surface area contributed by atoms with E-state index in [2.05, 4.69) is 4.99 Å². The van der Waals surface area contributed by atoms with Crippen LogP contribution in [0.3, 0.4) is 0 Å². The predicted molar refractivity (Wildman–Crippen MR) is 89.1 cm³/mol. The van der Waals surface area contributed by atoms with Gasteiger partial charge in [-0.05, 0) is 29.6 Å². The molecule has 22 heavy (non-hydrogen) atoms. The van der Waals surface area contributed by atoms with Crippen LogP contribution in [-0.4, -0.2) is 17.0 Å². The van der Waals surface area contributed by atoms with Crippen LogP contribution in [0.25, 0.3) is 21.2 Å². The van der Waals surface area contributed by atoms with E-state index in [0.29, 0.717) is 5.56 Å². The van der Waals surface area contributed by atoms with E-state index in [-0.39, 0.29) is 11.7 Å². The van der Waals surface area contributed by atoms with Crippen LogP contribution >= 0.6 is 11.3 Å². The molecule has 5 N–H and O–H groups in total. The fourth-order valence-electron chi connectivity index (χ4n) is 2.25. The molecule has 1 heterocycles. The Labute approximate surface area is 130 Å². The fourth-order valence-corrected chi connectivity index (χ4v) is 3.20. The number of carbonyl (C=O) groups excluding carboxylic acids is 1. The quantitative estimate of drug-likeness (QED) is 0.500. The number of aromatic hydroxyl groups is 1. The number of phenolic OH excluding ortho intramolecular Hbond substituents is 1. The Bertz CT molecular complexity index is 895. The second kappa shape index (κ2) is 5.50. The molecule has 0 aliphatic carbocycles. The third-order valence-electron chi connectivity index (χ3n) is 3.25. The highest BCUT2D eigenvalue weighted by Gasteiger charge is 2.12. The summed E-state index contributed by atoms with van der Waals surface area (Å²) in [5, 5.41) is 12.9. The lowest BCUT2D eigenvalue weighted by atomic mass is 10.0. The van der Waals surface area contributed by atoms with Gasteiger partial charge in [0, 0.05) is 26.8 Å². The van der Waals surface area contributed by atoms with Gasteiger partial charge in [-0.2, -0.15) is 4.99 Å². The molecule has 5 nitrogen and oxygen atoms in total. The molecule has 6 heteroatoms. The molecule has 0 spiro atoms. The van der Waals surface area contributed by atoms with E-state index >= 15 is 0 Å². The number of carbonyl (C=O) groups is 1. The van der Waals surface area contributed by atoms with Gasteiger partial charge in [0.2, 0.25) is 0 Å². The summed E-state index contributed by atoms with van der Waals surface area (Å²) in [6.45, 7) is 0. The lowest BCUT2D eigenvalue weighted by Gasteiger charge is -2.04. The molecule has 0 aliphatic heterocycles. The Morgan fingerprint density at radius 3 is 2.59 bits per heavy atom. The Balaban J connectivity index is 2.16. The number of para-hydroxylation sites is 1. The van der Waals surface area contributed by atoms with Crippen molar-refractivity contribution in [2.75, 3.05) is 0 Å². The van der Waals surface area contributed by atoms with Crippen molar-refractivity contribution in [1.82, 2.24) is 0 Å². The summed E-state index contributed by atoms with van der Waals surface area (Å²) in [7, 11) is 0. The van der Waals surface area contributed by atoms with Crippen molar-refractivity contribution in [1.29, 1.82) is 0 Å². The van der Waals surface area contributed by atoms with Crippen molar-refractivity contribution in [3.8, 4) is 16.9 Å². The number of rotatable bonds is 2. The highest BCUT2D eigenvalue weighted by molar-refractivity contribution is 7.17. The fraction of sp³-hybridized carbons (Fsp3) is 0. The molecule has 3 aromatic rings. The van der Waals surface area contributed by atoms with E-state index in [9.17, 15) is 9.90 Å². The minimum absolute atomic E-state index is 0.197. The molecule has 2 aromatic carbocycles. The van der Waals surface area contributed by atoms with Gasteiger partial charge in [0.1, 0.15) is 5.75 Å². The number of guanidine groups is 1. The summed E-state index contributed by atoms with van der Waals surface area (Å²) < 4.78 is 1.01. The molecule has 0 saturated carbocycles. The van der Waals surface area contributed by atoms with E-state index < -0.39 is 5.91 Å². The summed E-state index contributed by atoms with van der Waals surface area (Å²) >= 11 is 1.54. The van der Waals surface area contributed by atoms with Crippen LogP contribution in [0.5, 0.6) is 5.75 Å². The molecule has 1 aromatic heterocycles. The van der Waals surface area contributed by atoms with Crippen molar-refractivity contribution in [2.45, 2.75) is 0 Å². The Hall–Kier alpha value is -2.86. The highest BCUT2D eigenvalue weighted by atomic mass is 32.1. The maximum Gasteiger partial charge on any atom is 0.280 e. The van der Waals surface area contributed by atoms with Gasteiger partial charge in [-0.25, -0.2) is 0 Å². The molecule has 3 rings (SSSR count).